The molecule has 0 unspecified atom stereocenters. The van der Waals surface area contributed by atoms with Gasteiger partial charge in [0, 0.05) is 32.2 Å². The van der Waals surface area contributed by atoms with Crippen LogP contribution in [-0.2, 0) is 29.9 Å². The molecule has 1 atom stereocenters. The molecule has 0 spiro atoms. The first kappa shape index (κ1) is 34.7. The standard InChI is InChI=1S/C29H47F2N3O6S3/c1-29(11-19-43(39,40)27-6-15-34(16-7-27)42(3,37)38)9-17-32(18-10-29)12-8-28(24-20-25(30)22-26(31)21-24)23-4-13-33(14-5-23)41(2,35)36/h20-23,27-28H,4-19H2,1-3H3/t28-/m1/s1. The molecule has 1 aromatic rings. The van der Waals surface area contributed by atoms with Gasteiger partial charge in [0.1, 0.15) is 11.6 Å². The number of hydrogen-bond donors (Lipinski definition) is 0. The summed E-state index contributed by atoms with van der Waals surface area (Å²) in [6.45, 7) is 5.78. The topological polar surface area (TPSA) is 112 Å². The van der Waals surface area contributed by atoms with Crippen molar-refractivity contribution < 1.29 is 34.0 Å². The highest BCUT2D eigenvalue weighted by atomic mass is 32.2. The van der Waals surface area contributed by atoms with Crippen LogP contribution in [0.25, 0.3) is 0 Å². The lowest BCUT2D eigenvalue weighted by Gasteiger charge is -2.41. The second-order valence-corrected chi connectivity index (χ2v) is 19.6. The zero-order valence-electron chi connectivity index (χ0n) is 25.5. The minimum atomic E-state index is -3.33. The number of benzene rings is 1. The van der Waals surface area contributed by atoms with Gasteiger partial charge in [-0.3, -0.25) is 0 Å². The van der Waals surface area contributed by atoms with Crippen LogP contribution in [-0.4, -0.2) is 108 Å². The number of rotatable bonds is 11. The molecule has 1 aromatic carbocycles. The summed E-state index contributed by atoms with van der Waals surface area (Å²) >= 11 is 0. The van der Waals surface area contributed by atoms with E-state index in [2.05, 4.69) is 11.8 Å². The third kappa shape index (κ3) is 9.41. The van der Waals surface area contributed by atoms with E-state index in [9.17, 15) is 34.0 Å². The minimum Gasteiger partial charge on any atom is -0.303 e. The minimum absolute atomic E-state index is 0.0977. The van der Waals surface area contributed by atoms with Crippen molar-refractivity contribution in [2.24, 2.45) is 11.3 Å². The molecule has 0 aliphatic carbocycles. The predicted octanol–water partition coefficient (Wildman–Crippen LogP) is 3.44. The van der Waals surface area contributed by atoms with Crippen molar-refractivity contribution in [3.8, 4) is 0 Å². The van der Waals surface area contributed by atoms with E-state index >= 15 is 0 Å². The molecule has 3 fully saturated rings. The van der Waals surface area contributed by atoms with Crippen LogP contribution in [0, 0.1) is 23.0 Å². The second-order valence-electron chi connectivity index (χ2n) is 13.2. The molecule has 0 N–H and O–H groups in total. The van der Waals surface area contributed by atoms with E-state index in [0.717, 1.165) is 44.8 Å². The Morgan fingerprint density at radius 1 is 0.791 bits per heavy atom. The molecule has 3 heterocycles. The van der Waals surface area contributed by atoms with Gasteiger partial charge in [-0.05, 0) is 106 Å². The number of sulfonamides is 2. The number of likely N-dealkylation sites (tertiary alicyclic amines) is 1. The SMILES string of the molecule is CC1(CCS(=O)(=O)C2CCN(S(C)(=O)=O)CC2)CCN(CC[C@@H](c2cc(F)cc(F)c2)C2CCN(S(C)(=O)=O)CC2)CC1. The number of halogens is 2. The summed E-state index contributed by atoms with van der Waals surface area (Å²) in [6, 6.07) is 3.67. The van der Waals surface area contributed by atoms with E-state index in [0.29, 0.717) is 57.2 Å². The largest absolute Gasteiger partial charge is 0.303 e. The summed E-state index contributed by atoms with van der Waals surface area (Å²) in [6.07, 6.45) is 7.27. The third-order valence-corrected chi connectivity index (χ3v) is 14.9. The van der Waals surface area contributed by atoms with Gasteiger partial charge in [0.15, 0.2) is 9.84 Å². The van der Waals surface area contributed by atoms with Crippen molar-refractivity contribution >= 4 is 29.9 Å². The maximum absolute atomic E-state index is 14.2. The molecule has 246 valence electrons. The smallest absolute Gasteiger partial charge is 0.211 e. The summed E-state index contributed by atoms with van der Waals surface area (Å²) < 4.78 is 105. The van der Waals surface area contributed by atoms with E-state index in [1.165, 1.54) is 27.0 Å². The Morgan fingerprint density at radius 3 is 1.77 bits per heavy atom. The summed E-state index contributed by atoms with van der Waals surface area (Å²) in [5.74, 6) is -1.11. The van der Waals surface area contributed by atoms with Crippen molar-refractivity contribution in [2.75, 3.05) is 64.1 Å². The van der Waals surface area contributed by atoms with Gasteiger partial charge < -0.3 is 4.90 Å². The summed E-state index contributed by atoms with van der Waals surface area (Å²) in [4.78, 5) is 2.34. The quantitative estimate of drug-likeness (QED) is 0.356. The molecular formula is C29H47F2N3O6S3. The molecule has 0 bridgehead atoms. The molecule has 4 rings (SSSR count). The Bertz CT molecular complexity index is 1410. The maximum atomic E-state index is 14.2. The molecule has 0 aromatic heterocycles. The number of hydrogen-bond acceptors (Lipinski definition) is 7. The van der Waals surface area contributed by atoms with Crippen LogP contribution >= 0.6 is 0 Å². The molecule has 9 nitrogen and oxygen atoms in total. The van der Waals surface area contributed by atoms with Gasteiger partial charge in [-0.25, -0.2) is 42.6 Å². The van der Waals surface area contributed by atoms with Gasteiger partial charge in [0.25, 0.3) is 0 Å². The summed E-state index contributed by atoms with van der Waals surface area (Å²) in [5, 5.41) is -0.497. The Morgan fingerprint density at radius 2 is 1.28 bits per heavy atom. The summed E-state index contributed by atoms with van der Waals surface area (Å²) in [5.41, 5.74) is 0.505. The van der Waals surface area contributed by atoms with E-state index in [1.54, 1.807) is 0 Å². The number of piperidine rings is 3. The highest BCUT2D eigenvalue weighted by Crippen LogP contribution is 2.39. The molecule has 3 aliphatic rings. The fourth-order valence-corrected chi connectivity index (χ4v) is 10.8. The fourth-order valence-electron chi connectivity index (χ4n) is 7.04. The van der Waals surface area contributed by atoms with E-state index in [4.69, 9.17) is 0 Å². The molecule has 0 amide bonds. The van der Waals surface area contributed by atoms with Crippen molar-refractivity contribution in [1.29, 1.82) is 0 Å². The van der Waals surface area contributed by atoms with Crippen molar-refractivity contribution in [3.05, 3.63) is 35.4 Å². The molecule has 3 aliphatic heterocycles. The van der Waals surface area contributed by atoms with Gasteiger partial charge in [0.2, 0.25) is 20.0 Å². The van der Waals surface area contributed by atoms with Gasteiger partial charge in [0.05, 0.1) is 23.5 Å². The van der Waals surface area contributed by atoms with Gasteiger partial charge in [-0.2, -0.15) is 0 Å². The van der Waals surface area contributed by atoms with Crippen LogP contribution < -0.4 is 0 Å². The average molecular weight is 668 g/mol. The Balaban J connectivity index is 1.30. The first-order valence-electron chi connectivity index (χ1n) is 15.3. The van der Waals surface area contributed by atoms with Gasteiger partial charge in [-0.1, -0.05) is 6.92 Å². The molecule has 0 radical (unpaired) electrons. The lowest BCUT2D eigenvalue weighted by Crippen LogP contribution is -2.44. The number of nitrogens with zero attached hydrogens (tertiary/aromatic N) is 3. The van der Waals surface area contributed by atoms with Crippen LogP contribution in [0.3, 0.4) is 0 Å². The molecular weight excluding hydrogens is 621 g/mol. The van der Waals surface area contributed by atoms with E-state index in [1.807, 2.05) is 0 Å². The Hall–Kier alpha value is -1.19. The first-order valence-corrected chi connectivity index (χ1v) is 20.7. The lowest BCUT2D eigenvalue weighted by molar-refractivity contribution is 0.108. The highest BCUT2D eigenvalue weighted by molar-refractivity contribution is 7.92. The first-order chi connectivity index (χ1) is 20.0. The maximum Gasteiger partial charge on any atom is 0.211 e. The summed E-state index contributed by atoms with van der Waals surface area (Å²) in [7, 11) is -9.91. The van der Waals surface area contributed by atoms with Crippen molar-refractivity contribution in [3.63, 3.8) is 0 Å². The van der Waals surface area contributed by atoms with Crippen LogP contribution in [0.15, 0.2) is 18.2 Å². The fraction of sp³-hybridized carbons (Fsp3) is 0.793. The molecule has 0 saturated carbocycles. The predicted molar refractivity (Wildman–Crippen MR) is 164 cm³/mol. The molecule has 43 heavy (non-hydrogen) atoms. The van der Waals surface area contributed by atoms with Crippen LogP contribution in [0.1, 0.15) is 69.8 Å². The van der Waals surface area contributed by atoms with E-state index < -0.39 is 46.8 Å². The van der Waals surface area contributed by atoms with Crippen molar-refractivity contribution in [2.45, 2.75) is 69.5 Å². The third-order valence-electron chi connectivity index (χ3n) is 10.0. The number of sulfone groups is 1. The van der Waals surface area contributed by atoms with Gasteiger partial charge in [-0.15, -0.1) is 0 Å². The average Bonchev–Trinajstić information content (AvgIpc) is 2.92. The molecule has 3 saturated heterocycles. The Labute approximate surface area is 257 Å². The zero-order chi connectivity index (χ0) is 31.6. The molecule has 14 heteroatoms. The van der Waals surface area contributed by atoms with Gasteiger partial charge >= 0.3 is 0 Å². The zero-order valence-corrected chi connectivity index (χ0v) is 28.0. The Kier molecular flexibility index (Phi) is 11.0. The van der Waals surface area contributed by atoms with Crippen molar-refractivity contribution in [1.82, 2.24) is 13.5 Å². The van der Waals surface area contributed by atoms with E-state index in [-0.39, 0.29) is 36.1 Å². The van der Waals surface area contributed by atoms with Crippen LogP contribution in [0.2, 0.25) is 0 Å². The lowest BCUT2D eigenvalue weighted by atomic mass is 9.77. The monoisotopic (exact) mass is 667 g/mol. The highest BCUT2D eigenvalue weighted by Gasteiger charge is 2.37. The van der Waals surface area contributed by atoms with Crippen LogP contribution in [0.5, 0.6) is 0 Å². The van der Waals surface area contributed by atoms with Crippen LogP contribution in [0.4, 0.5) is 8.78 Å². The normalized spacial score (nSPS) is 23.4. The second kappa shape index (κ2) is 13.7.